The second-order valence-corrected chi connectivity index (χ2v) is 9.46. The van der Waals surface area contributed by atoms with Crippen LogP contribution < -0.4 is 10.1 Å². The highest BCUT2D eigenvalue weighted by Gasteiger charge is 2.30. The Bertz CT molecular complexity index is 1060. The van der Waals surface area contributed by atoms with E-state index in [0.29, 0.717) is 5.56 Å². The standard InChI is InChI=1S/C27H33N3O2S/c1-4-23-19-24(27(33-23)28-26(31)20-10-7-6-8-11-20)25(21-12-9-13-22(18-21)32-3)30-16-14-29(5-2)15-17-30/h6-13,18-19,25H,4-5,14-17H2,1-3H3,(H,28,31)/t25-/m1/s1. The molecular formula is C27H33N3O2S. The number of amides is 1. The molecular weight excluding hydrogens is 430 g/mol. The lowest BCUT2D eigenvalue weighted by Crippen LogP contribution is -2.47. The van der Waals surface area contributed by atoms with Gasteiger partial charge in [-0.05, 0) is 48.9 Å². The number of carbonyl (C=O) groups excluding carboxylic acids is 1. The predicted octanol–water partition coefficient (Wildman–Crippen LogP) is 5.30. The van der Waals surface area contributed by atoms with Crippen LogP contribution in [0.25, 0.3) is 0 Å². The second-order valence-electron chi connectivity index (χ2n) is 8.32. The summed E-state index contributed by atoms with van der Waals surface area (Å²) >= 11 is 1.68. The number of ether oxygens (including phenoxy) is 1. The fraction of sp³-hybridized carbons (Fsp3) is 0.370. The Hall–Kier alpha value is -2.67. The van der Waals surface area contributed by atoms with Gasteiger partial charge in [0.1, 0.15) is 10.8 Å². The summed E-state index contributed by atoms with van der Waals surface area (Å²) in [5, 5.41) is 4.17. The summed E-state index contributed by atoms with van der Waals surface area (Å²) in [6.45, 7) is 9.53. The monoisotopic (exact) mass is 463 g/mol. The van der Waals surface area contributed by atoms with Crippen LogP contribution in [0.3, 0.4) is 0 Å². The number of nitrogens with one attached hydrogen (secondary N) is 1. The first kappa shape index (κ1) is 23.5. The van der Waals surface area contributed by atoms with Gasteiger partial charge in [0.15, 0.2) is 0 Å². The van der Waals surface area contributed by atoms with Gasteiger partial charge in [-0.3, -0.25) is 9.69 Å². The lowest BCUT2D eigenvalue weighted by atomic mass is 9.97. The van der Waals surface area contributed by atoms with Crippen LogP contribution in [0.2, 0.25) is 0 Å². The number of benzene rings is 2. The zero-order valence-corrected chi connectivity index (χ0v) is 20.5. The Morgan fingerprint density at radius 2 is 1.79 bits per heavy atom. The molecule has 1 atom stereocenters. The topological polar surface area (TPSA) is 44.8 Å². The molecule has 1 aliphatic heterocycles. The van der Waals surface area contributed by atoms with E-state index in [-0.39, 0.29) is 11.9 Å². The largest absolute Gasteiger partial charge is 0.497 e. The number of methoxy groups -OCH3 is 1. The summed E-state index contributed by atoms with van der Waals surface area (Å²) in [6.07, 6.45) is 0.938. The number of nitrogens with zero attached hydrogens (tertiary/aromatic N) is 2. The first-order chi connectivity index (χ1) is 16.1. The van der Waals surface area contributed by atoms with E-state index >= 15 is 0 Å². The Morgan fingerprint density at radius 3 is 2.45 bits per heavy atom. The Morgan fingerprint density at radius 1 is 1.03 bits per heavy atom. The molecule has 0 spiro atoms. The van der Waals surface area contributed by atoms with Crippen molar-refractivity contribution in [2.75, 3.05) is 45.2 Å². The van der Waals surface area contributed by atoms with E-state index in [1.807, 2.05) is 36.4 Å². The van der Waals surface area contributed by atoms with Crippen molar-refractivity contribution >= 4 is 22.2 Å². The number of likely N-dealkylation sites (N-methyl/N-ethyl adjacent to an activating group) is 1. The summed E-state index contributed by atoms with van der Waals surface area (Å²) in [7, 11) is 1.71. The first-order valence-corrected chi connectivity index (χ1v) is 12.5. The van der Waals surface area contributed by atoms with Crippen LogP contribution in [0.4, 0.5) is 5.00 Å². The molecule has 0 aliphatic carbocycles. The van der Waals surface area contributed by atoms with E-state index in [2.05, 4.69) is 53.2 Å². The molecule has 4 rings (SSSR count). The smallest absolute Gasteiger partial charge is 0.256 e. The van der Waals surface area contributed by atoms with Gasteiger partial charge in [0.25, 0.3) is 5.91 Å². The van der Waals surface area contributed by atoms with E-state index in [1.165, 1.54) is 16.0 Å². The van der Waals surface area contributed by atoms with Gasteiger partial charge >= 0.3 is 0 Å². The molecule has 2 heterocycles. The highest BCUT2D eigenvalue weighted by Crippen LogP contribution is 2.40. The Labute approximate surface area is 201 Å². The number of thiophene rings is 1. The molecule has 0 bridgehead atoms. The fourth-order valence-electron chi connectivity index (χ4n) is 4.43. The molecule has 1 amide bonds. The van der Waals surface area contributed by atoms with E-state index < -0.39 is 0 Å². The van der Waals surface area contributed by atoms with E-state index in [9.17, 15) is 4.79 Å². The number of carbonyl (C=O) groups is 1. The van der Waals surface area contributed by atoms with Gasteiger partial charge in [0.05, 0.1) is 13.2 Å². The third kappa shape index (κ3) is 5.46. The molecule has 174 valence electrons. The van der Waals surface area contributed by atoms with Crippen LogP contribution in [-0.2, 0) is 6.42 Å². The van der Waals surface area contributed by atoms with Crippen LogP contribution in [-0.4, -0.2) is 55.5 Å². The van der Waals surface area contributed by atoms with Crippen LogP contribution in [0.1, 0.15) is 46.3 Å². The molecule has 1 aromatic heterocycles. The molecule has 1 N–H and O–H groups in total. The van der Waals surface area contributed by atoms with Gasteiger partial charge in [0, 0.05) is 42.2 Å². The van der Waals surface area contributed by atoms with Gasteiger partial charge in [-0.25, -0.2) is 0 Å². The second kappa shape index (κ2) is 11.0. The lowest BCUT2D eigenvalue weighted by molar-refractivity contribution is 0.102. The molecule has 33 heavy (non-hydrogen) atoms. The first-order valence-electron chi connectivity index (χ1n) is 11.7. The summed E-state index contributed by atoms with van der Waals surface area (Å²) in [5.74, 6) is 0.784. The highest BCUT2D eigenvalue weighted by molar-refractivity contribution is 7.16. The zero-order valence-electron chi connectivity index (χ0n) is 19.7. The van der Waals surface area contributed by atoms with Crippen molar-refractivity contribution in [3.8, 4) is 5.75 Å². The van der Waals surface area contributed by atoms with Crippen molar-refractivity contribution in [3.05, 3.63) is 82.2 Å². The minimum atomic E-state index is -0.0680. The van der Waals surface area contributed by atoms with Crippen molar-refractivity contribution in [1.29, 1.82) is 0 Å². The quantitative estimate of drug-likeness (QED) is 0.492. The number of piperazine rings is 1. The van der Waals surface area contributed by atoms with E-state index in [0.717, 1.165) is 49.9 Å². The molecule has 2 aromatic carbocycles. The minimum Gasteiger partial charge on any atom is -0.497 e. The van der Waals surface area contributed by atoms with Crippen LogP contribution in [0, 0.1) is 0 Å². The molecule has 0 radical (unpaired) electrons. The molecule has 0 saturated carbocycles. The van der Waals surface area contributed by atoms with E-state index in [1.54, 1.807) is 18.4 Å². The van der Waals surface area contributed by atoms with E-state index in [4.69, 9.17) is 4.74 Å². The summed E-state index contributed by atoms with van der Waals surface area (Å²) in [6, 6.07) is 20.1. The maximum absolute atomic E-state index is 13.0. The van der Waals surface area contributed by atoms with Crippen molar-refractivity contribution < 1.29 is 9.53 Å². The summed E-state index contributed by atoms with van der Waals surface area (Å²) in [4.78, 5) is 19.3. The Kier molecular flexibility index (Phi) is 7.81. The zero-order chi connectivity index (χ0) is 23.2. The number of aryl methyl sites for hydroxylation is 1. The molecule has 1 aliphatic rings. The Balaban J connectivity index is 1.73. The molecule has 5 nitrogen and oxygen atoms in total. The van der Waals surface area contributed by atoms with Crippen molar-refractivity contribution in [3.63, 3.8) is 0 Å². The average Bonchev–Trinajstić information content (AvgIpc) is 3.27. The molecule has 6 heteroatoms. The van der Waals surface area contributed by atoms with Gasteiger partial charge in [-0.1, -0.05) is 44.2 Å². The highest BCUT2D eigenvalue weighted by atomic mass is 32.1. The third-order valence-corrected chi connectivity index (χ3v) is 7.56. The molecule has 1 fully saturated rings. The van der Waals surface area contributed by atoms with Crippen molar-refractivity contribution in [1.82, 2.24) is 9.80 Å². The minimum absolute atomic E-state index is 0.0572. The summed E-state index contributed by atoms with van der Waals surface area (Å²) < 4.78 is 5.55. The maximum atomic E-state index is 13.0. The molecule has 3 aromatic rings. The van der Waals surface area contributed by atoms with Gasteiger partial charge < -0.3 is 15.0 Å². The average molecular weight is 464 g/mol. The summed E-state index contributed by atoms with van der Waals surface area (Å²) in [5.41, 5.74) is 3.03. The third-order valence-electron chi connectivity index (χ3n) is 6.35. The molecule has 1 saturated heterocycles. The van der Waals surface area contributed by atoms with Gasteiger partial charge in [-0.15, -0.1) is 11.3 Å². The van der Waals surface area contributed by atoms with Crippen LogP contribution in [0.15, 0.2) is 60.7 Å². The normalized spacial score (nSPS) is 15.8. The fourth-order valence-corrected chi connectivity index (χ4v) is 5.46. The van der Waals surface area contributed by atoms with Crippen LogP contribution >= 0.6 is 11.3 Å². The molecule has 0 unspecified atom stereocenters. The SMILES string of the molecule is CCc1cc([C@@H](c2cccc(OC)c2)N2CCN(CC)CC2)c(NC(=O)c2ccccc2)s1. The van der Waals surface area contributed by atoms with Crippen LogP contribution in [0.5, 0.6) is 5.75 Å². The number of rotatable bonds is 8. The number of hydrogen-bond donors (Lipinski definition) is 1. The maximum Gasteiger partial charge on any atom is 0.256 e. The van der Waals surface area contributed by atoms with Crippen molar-refractivity contribution in [2.45, 2.75) is 26.3 Å². The number of hydrogen-bond acceptors (Lipinski definition) is 5. The number of anilines is 1. The lowest BCUT2D eigenvalue weighted by Gasteiger charge is -2.39. The van der Waals surface area contributed by atoms with Gasteiger partial charge in [-0.2, -0.15) is 0 Å². The van der Waals surface area contributed by atoms with Gasteiger partial charge in [0.2, 0.25) is 0 Å². The van der Waals surface area contributed by atoms with Crippen molar-refractivity contribution in [2.24, 2.45) is 0 Å². The predicted molar refractivity (Wildman–Crippen MR) is 137 cm³/mol.